The Hall–Kier alpha value is -3.96. The summed E-state index contributed by atoms with van der Waals surface area (Å²) in [4.78, 5) is 32.8. The fourth-order valence-corrected chi connectivity index (χ4v) is 5.26. The second-order valence-corrected chi connectivity index (χ2v) is 11.8. The third-order valence-corrected chi connectivity index (χ3v) is 7.39. The molecule has 2 aliphatic heterocycles. The lowest BCUT2D eigenvalue weighted by Crippen LogP contribution is -2.42. The van der Waals surface area contributed by atoms with Gasteiger partial charge in [-0.1, -0.05) is 0 Å². The maximum Gasteiger partial charge on any atom is 0.449 e. The molecule has 4 heterocycles. The van der Waals surface area contributed by atoms with Crippen LogP contribution in [0.2, 0.25) is 0 Å². The number of imidazole rings is 2. The molecule has 5 rings (SSSR count). The Morgan fingerprint density at radius 1 is 0.822 bits per heavy atom. The summed E-state index contributed by atoms with van der Waals surface area (Å²) in [5.74, 6) is -1.37. The van der Waals surface area contributed by atoms with Crippen molar-refractivity contribution >= 4 is 28.1 Å². The molecule has 1 N–H and O–H groups in total. The van der Waals surface area contributed by atoms with Gasteiger partial charge in [0.1, 0.15) is 16.0 Å². The van der Waals surface area contributed by atoms with Gasteiger partial charge in [-0.3, -0.25) is 0 Å². The van der Waals surface area contributed by atoms with Crippen LogP contribution in [0.15, 0.2) is 28.9 Å². The lowest BCUT2D eigenvalue weighted by molar-refractivity contribution is -0.148. The maximum atomic E-state index is 13.5. The summed E-state index contributed by atoms with van der Waals surface area (Å²) in [7, 11) is 1.51. The molecule has 3 aromatic rings. The number of hydrogen-bond donors (Lipinski definition) is 1. The first-order valence-corrected chi connectivity index (χ1v) is 14.2. The second-order valence-electron chi connectivity index (χ2n) is 11.0. The molecule has 246 valence electrons. The van der Waals surface area contributed by atoms with Crippen molar-refractivity contribution in [3.8, 4) is 17.0 Å². The van der Waals surface area contributed by atoms with Crippen LogP contribution >= 0.6 is 15.9 Å². The molecule has 0 spiro atoms. The highest BCUT2D eigenvalue weighted by molar-refractivity contribution is 9.10. The normalized spacial score (nSPS) is 15.1. The Labute approximate surface area is 261 Å². The number of carboxylic acid groups (broad SMARTS) is 1. The summed E-state index contributed by atoms with van der Waals surface area (Å²) >= 11 is 2.92. The standard InChI is InChI=1S/C19H22F3N3O3.C8H7BrF3N3O2/c1-18(2,3)28-17(26)24-9-10-25-14(11-24)15(23-16(25)19(20,21)22)12-5-7-13(27-4)8-6-12;9-5-4-3-14(7(16)17)1-2-15(4)6(13-5)8(10,11)12/h5-8H,9-11H2,1-4H3;1-3H2,(H,16,17). The van der Waals surface area contributed by atoms with Crippen LogP contribution < -0.4 is 4.74 Å². The number of amides is 2. The molecule has 0 radical (unpaired) electrons. The van der Waals surface area contributed by atoms with Crippen molar-refractivity contribution in [3.63, 3.8) is 0 Å². The van der Waals surface area contributed by atoms with Gasteiger partial charge in [0.05, 0.1) is 37.3 Å². The number of alkyl halides is 6. The number of carbonyl (C=O) groups excluding carboxylic acids is 1. The average Bonchev–Trinajstić information content (AvgIpc) is 3.50. The van der Waals surface area contributed by atoms with Crippen molar-refractivity contribution in [2.24, 2.45) is 0 Å². The smallest absolute Gasteiger partial charge is 0.449 e. The molecule has 2 aromatic heterocycles. The van der Waals surface area contributed by atoms with Gasteiger partial charge in [-0.05, 0) is 61.0 Å². The molecule has 2 amide bonds. The minimum atomic E-state index is -4.59. The van der Waals surface area contributed by atoms with Crippen molar-refractivity contribution in [2.45, 2.75) is 64.9 Å². The van der Waals surface area contributed by atoms with E-state index in [4.69, 9.17) is 14.6 Å². The Morgan fingerprint density at radius 3 is 1.84 bits per heavy atom. The molecule has 0 bridgehead atoms. The van der Waals surface area contributed by atoms with E-state index in [2.05, 4.69) is 25.9 Å². The van der Waals surface area contributed by atoms with Gasteiger partial charge >= 0.3 is 24.5 Å². The summed E-state index contributed by atoms with van der Waals surface area (Å²) in [6, 6.07) is 6.61. The number of rotatable bonds is 2. The molecule has 11 nitrogen and oxygen atoms in total. The zero-order valence-electron chi connectivity index (χ0n) is 24.5. The third kappa shape index (κ3) is 7.65. The van der Waals surface area contributed by atoms with Crippen molar-refractivity contribution in [2.75, 3.05) is 20.2 Å². The molecule has 0 aliphatic carbocycles. The number of carbonyl (C=O) groups is 2. The van der Waals surface area contributed by atoms with Crippen LogP contribution in [0.3, 0.4) is 0 Å². The van der Waals surface area contributed by atoms with E-state index < -0.39 is 41.8 Å². The molecular weight excluding hydrogens is 682 g/mol. The minimum absolute atomic E-state index is 0.00737. The Kier molecular flexibility index (Phi) is 9.38. The Balaban J connectivity index is 0.000000231. The topological polar surface area (TPSA) is 115 Å². The highest BCUT2D eigenvalue weighted by Crippen LogP contribution is 2.37. The third-order valence-electron chi connectivity index (χ3n) is 6.76. The van der Waals surface area contributed by atoms with Crippen LogP contribution in [0.4, 0.5) is 35.9 Å². The lowest BCUT2D eigenvalue weighted by atomic mass is 10.1. The average molecular weight is 711 g/mol. The van der Waals surface area contributed by atoms with Gasteiger partial charge < -0.3 is 33.5 Å². The van der Waals surface area contributed by atoms with Crippen molar-refractivity contribution < 1.29 is 50.5 Å². The van der Waals surface area contributed by atoms with E-state index in [1.165, 1.54) is 12.0 Å². The molecule has 0 saturated carbocycles. The summed E-state index contributed by atoms with van der Waals surface area (Å²) in [6.45, 7) is 5.19. The van der Waals surface area contributed by atoms with Crippen LogP contribution in [0, 0.1) is 0 Å². The van der Waals surface area contributed by atoms with Gasteiger partial charge in [0.15, 0.2) is 0 Å². The molecule has 0 unspecified atom stereocenters. The highest BCUT2D eigenvalue weighted by Gasteiger charge is 2.42. The van der Waals surface area contributed by atoms with Gasteiger partial charge in [0, 0.05) is 31.7 Å². The summed E-state index contributed by atoms with van der Waals surface area (Å²) in [6.07, 6.45) is -10.8. The van der Waals surface area contributed by atoms with E-state index >= 15 is 0 Å². The van der Waals surface area contributed by atoms with Gasteiger partial charge in [0.25, 0.3) is 0 Å². The zero-order valence-corrected chi connectivity index (χ0v) is 26.0. The van der Waals surface area contributed by atoms with E-state index in [0.717, 1.165) is 14.0 Å². The first-order chi connectivity index (χ1) is 20.8. The van der Waals surface area contributed by atoms with E-state index in [9.17, 15) is 35.9 Å². The summed E-state index contributed by atoms with van der Waals surface area (Å²) < 4.78 is 91.0. The van der Waals surface area contributed by atoms with Crippen LogP contribution in [0.25, 0.3) is 11.3 Å². The number of hydrogen-bond acceptors (Lipinski definition) is 6. The van der Waals surface area contributed by atoms with Gasteiger partial charge in [-0.15, -0.1) is 0 Å². The first kappa shape index (κ1) is 33.9. The molecule has 1 aromatic carbocycles. The van der Waals surface area contributed by atoms with Crippen LogP contribution in [0.1, 0.15) is 43.8 Å². The molecule has 0 atom stereocenters. The number of methoxy groups -OCH3 is 1. The van der Waals surface area contributed by atoms with E-state index in [-0.39, 0.29) is 55.3 Å². The number of benzene rings is 1. The molecular formula is C27H29BrF6N6O5. The number of halogens is 7. The SMILES string of the molecule is COc1ccc(-c2nc(C(F)(F)F)n3c2CN(C(=O)OC(C)(C)C)CC3)cc1.O=C(O)N1CCn2c(C(F)(F)F)nc(Br)c2C1. The van der Waals surface area contributed by atoms with Crippen LogP contribution in [-0.4, -0.2) is 72.0 Å². The van der Waals surface area contributed by atoms with Gasteiger partial charge in [-0.2, -0.15) is 26.3 Å². The lowest BCUT2D eigenvalue weighted by Gasteiger charge is -2.31. The summed E-state index contributed by atoms with van der Waals surface area (Å²) in [5.41, 5.74) is 0.583. The number of aromatic nitrogens is 4. The Bertz CT molecular complexity index is 1560. The van der Waals surface area contributed by atoms with E-state index in [1.807, 2.05) is 0 Å². The largest absolute Gasteiger partial charge is 0.497 e. The zero-order chi connectivity index (χ0) is 33.5. The molecule has 0 fully saturated rings. The fraction of sp³-hybridized carbons (Fsp3) is 0.481. The summed E-state index contributed by atoms with van der Waals surface area (Å²) in [5, 5.41) is 8.78. The van der Waals surface area contributed by atoms with E-state index in [0.29, 0.717) is 17.0 Å². The Morgan fingerprint density at radius 2 is 1.33 bits per heavy atom. The first-order valence-electron chi connectivity index (χ1n) is 13.4. The minimum Gasteiger partial charge on any atom is -0.497 e. The molecule has 0 saturated heterocycles. The van der Waals surface area contributed by atoms with Gasteiger partial charge in [0.2, 0.25) is 11.6 Å². The van der Waals surface area contributed by atoms with E-state index in [1.54, 1.807) is 45.0 Å². The number of fused-ring (bicyclic) bond motifs is 2. The van der Waals surface area contributed by atoms with Gasteiger partial charge in [-0.25, -0.2) is 19.6 Å². The monoisotopic (exact) mass is 710 g/mol. The quantitative estimate of drug-likeness (QED) is 0.303. The molecule has 18 heteroatoms. The van der Waals surface area contributed by atoms with Crippen molar-refractivity contribution in [1.82, 2.24) is 28.9 Å². The predicted molar refractivity (Wildman–Crippen MR) is 149 cm³/mol. The highest BCUT2D eigenvalue weighted by atomic mass is 79.9. The molecule has 45 heavy (non-hydrogen) atoms. The fourth-order valence-electron chi connectivity index (χ4n) is 4.76. The predicted octanol–water partition coefficient (Wildman–Crippen LogP) is 6.49. The van der Waals surface area contributed by atoms with Crippen molar-refractivity contribution in [1.29, 1.82) is 0 Å². The maximum absolute atomic E-state index is 13.5. The number of nitrogens with zero attached hydrogens (tertiary/aromatic N) is 6. The second kappa shape index (κ2) is 12.4. The van der Waals surface area contributed by atoms with Crippen LogP contribution in [0.5, 0.6) is 5.75 Å². The van der Waals surface area contributed by atoms with Crippen molar-refractivity contribution in [3.05, 3.63) is 51.9 Å². The van der Waals surface area contributed by atoms with Crippen LogP contribution in [-0.2, 0) is 43.3 Å². The molecule has 2 aliphatic rings. The number of ether oxygens (including phenoxy) is 2.